The fraction of sp³-hybridized carbons (Fsp3) is 0.778. The number of carbonyl (C=O) groups excluding carboxylic acids is 2. The van der Waals surface area contributed by atoms with Crippen molar-refractivity contribution in [2.75, 3.05) is 18.0 Å². The van der Waals surface area contributed by atoms with Gasteiger partial charge in [-0.1, -0.05) is 76.3 Å². The molecule has 1 atom stereocenters. The molecule has 0 radical (unpaired) electrons. The number of carbonyl (C=O) groups is 2. The van der Waals surface area contributed by atoms with Crippen LogP contribution in [0.25, 0.3) is 0 Å². The number of nitrogens with two attached hydrogens (primary N) is 1. The number of rotatable bonds is 21. The second-order valence-electron chi connectivity index (χ2n) is 15.1. The number of primary amides is 1. The maximum absolute atomic E-state index is 12.1. The molecule has 0 aliphatic heterocycles. The van der Waals surface area contributed by atoms with Crippen molar-refractivity contribution in [3.63, 3.8) is 0 Å². The van der Waals surface area contributed by atoms with Gasteiger partial charge in [0.25, 0.3) is 0 Å². The summed E-state index contributed by atoms with van der Waals surface area (Å²) in [5.74, 6) is 0. The molecule has 0 saturated carbocycles. The van der Waals surface area contributed by atoms with Crippen LogP contribution >= 0.6 is 0 Å². The molecule has 0 saturated heterocycles. The first-order valence-corrected chi connectivity index (χ1v) is 17.6. The Morgan fingerprint density at radius 3 is 1.67 bits per heavy atom. The summed E-state index contributed by atoms with van der Waals surface area (Å²) in [5.41, 5.74) is 6.57. The van der Waals surface area contributed by atoms with E-state index in [1.807, 2.05) is 74.4 Å². The number of aryl methyl sites for hydroxylation is 1. The Labute approximate surface area is 280 Å². The van der Waals surface area contributed by atoms with Crippen molar-refractivity contribution in [3.05, 3.63) is 29.8 Å². The van der Waals surface area contributed by atoms with Crippen molar-refractivity contribution in [1.29, 1.82) is 0 Å². The smallest absolute Gasteiger partial charge is 0.319 e. The Bertz CT molecular complexity index is 1060. The SMILES string of the molecule is CC(CN=NC(C)(C)C)N(C(N)=O)c1ccc(CCCCCCCCCCCCCCNC(=O)NC(C)(C)N=NC(C)(C)C)cc1. The average Bonchev–Trinajstić information content (AvgIpc) is 2.93. The van der Waals surface area contributed by atoms with E-state index in [0.29, 0.717) is 13.1 Å². The summed E-state index contributed by atoms with van der Waals surface area (Å²) in [6.07, 6.45) is 15.9. The predicted molar refractivity (Wildman–Crippen MR) is 192 cm³/mol. The molecule has 0 spiro atoms. The molecule has 0 aliphatic rings. The minimum atomic E-state index is -0.719. The van der Waals surface area contributed by atoms with Crippen molar-refractivity contribution < 1.29 is 9.59 Å². The predicted octanol–water partition coefficient (Wildman–Crippen LogP) is 9.72. The fourth-order valence-electron chi connectivity index (χ4n) is 4.92. The summed E-state index contributed by atoms with van der Waals surface area (Å²) in [4.78, 5) is 25.9. The Kier molecular flexibility index (Phi) is 18.7. The van der Waals surface area contributed by atoms with E-state index in [2.05, 4.69) is 43.2 Å². The summed E-state index contributed by atoms with van der Waals surface area (Å²) in [6.45, 7) is 18.7. The molecule has 262 valence electrons. The first kappa shape index (κ1) is 41.0. The molecule has 1 unspecified atom stereocenters. The van der Waals surface area contributed by atoms with Crippen molar-refractivity contribution in [3.8, 4) is 0 Å². The normalized spacial score (nSPS) is 13.3. The van der Waals surface area contributed by atoms with Gasteiger partial charge in [-0.2, -0.15) is 20.5 Å². The molecule has 46 heavy (non-hydrogen) atoms. The van der Waals surface area contributed by atoms with Gasteiger partial charge in [-0.25, -0.2) is 9.59 Å². The zero-order chi connectivity index (χ0) is 34.6. The quantitative estimate of drug-likeness (QED) is 0.0908. The standard InChI is InChI=1S/C36H66N8O2/c1-29(28-39-41-34(2,3)4)44(32(37)45)31-25-23-30(24-26-31)22-20-18-16-14-12-10-11-13-15-17-19-21-27-38-33(46)40-36(8,9)43-42-35(5,6)7/h23-26,29H,10-22,27-28H2,1-9H3,(H2,37,45)(H2,38,40,46). The first-order chi connectivity index (χ1) is 21.5. The molecular weight excluding hydrogens is 576 g/mol. The van der Waals surface area contributed by atoms with E-state index in [-0.39, 0.29) is 23.2 Å². The molecular formula is C36H66N8O2. The summed E-state index contributed by atoms with van der Waals surface area (Å²) in [6, 6.07) is 7.34. The molecule has 4 N–H and O–H groups in total. The minimum Gasteiger partial charge on any atom is -0.351 e. The number of unbranched alkanes of at least 4 members (excludes halogenated alkanes) is 11. The average molecular weight is 643 g/mol. The lowest BCUT2D eigenvalue weighted by Gasteiger charge is -2.26. The van der Waals surface area contributed by atoms with Crippen LogP contribution in [0.4, 0.5) is 15.3 Å². The summed E-state index contributed by atoms with van der Waals surface area (Å²) in [5, 5.41) is 22.9. The monoisotopic (exact) mass is 643 g/mol. The second kappa shape index (κ2) is 21.0. The number of hydrogen-bond acceptors (Lipinski definition) is 6. The molecule has 10 nitrogen and oxygen atoms in total. The maximum Gasteiger partial charge on any atom is 0.319 e. The van der Waals surface area contributed by atoms with Crippen LogP contribution < -0.4 is 21.3 Å². The van der Waals surface area contributed by atoms with Crippen LogP contribution in [0, 0.1) is 0 Å². The van der Waals surface area contributed by atoms with Crippen molar-refractivity contribution in [2.24, 2.45) is 26.2 Å². The number of anilines is 1. The summed E-state index contributed by atoms with van der Waals surface area (Å²) in [7, 11) is 0. The number of benzene rings is 1. The molecule has 0 aliphatic carbocycles. The number of nitrogens with one attached hydrogen (secondary N) is 2. The highest BCUT2D eigenvalue weighted by molar-refractivity contribution is 5.91. The van der Waals surface area contributed by atoms with Crippen LogP contribution in [0.15, 0.2) is 44.7 Å². The van der Waals surface area contributed by atoms with Gasteiger partial charge in [-0.3, -0.25) is 4.90 Å². The lowest BCUT2D eigenvalue weighted by atomic mass is 10.0. The molecule has 1 aromatic rings. The maximum atomic E-state index is 12.1. The van der Waals surface area contributed by atoms with Gasteiger partial charge in [-0.05, 0) is 99.3 Å². The van der Waals surface area contributed by atoms with Gasteiger partial charge in [0.15, 0.2) is 0 Å². The minimum absolute atomic E-state index is 0.167. The van der Waals surface area contributed by atoms with Crippen LogP contribution in [-0.4, -0.2) is 47.9 Å². The summed E-state index contributed by atoms with van der Waals surface area (Å²) < 4.78 is 0. The Morgan fingerprint density at radius 1 is 0.717 bits per heavy atom. The third-order valence-electron chi connectivity index (χ3n) is 7.31. The van der Waals surface area contributed by atoms with Gasteiger partial charge in [0.1, 0.15) is 5.66 Å². The van der Waals surface area contributed by atoms with E-state index in [1.165, 1.54) is 69.8 Å². The third-order valence-corrected chi connectivity index (χ3v) is 7.31. The molecule has 4 amide bonds. The van der Waals surface area contributed by atoms with Gasteiger partial charge in [0.2, 0.25) is 0 Å². The van der Waals surface area contributed by atoms with Gasteiger partial charge in [-0.15, -0.1) is 0 Å². The molecule has 0 aromatic heterocycles. The highest BCUT2D eigenvalue weighted by atomic mass is 16.2. The second-order valence-corrected chi connectivity index (χ2v) is 15.1. The van der Waals surface area contributed by atoms with Gasteiger partial charge >= 0.3 is 12.1 Å². The van der Waals surface area contributed by atoms with Gasteiger partial charge in [0, 0.05) is 12.2 Å². The highest BCUT2D eigenvalue weighted by Crippen LogP contribution is 2.20. The van der Waals surface area contributed by atoms with E-state index in [1.54, 1.807) is 4.90 Å². The number of amides is 4. The Hall–Kier alpha value is -3.04. The number of nitrogens with zero attached hydrogens (tertiary/aromatic N) is 5. The third kappa shape index (κ3) is 20.9. The highest BCUT2D eigenvalue weighted by Gasteiger charge is 2.21. The molecule has 1 aromatic carbocycles. The van der Waals surface area contributed by atoms with E-state index in [9.17, 15) is 9.59 Å². The van der Waals surface area contributed by atoms with Crippen molar-refractivity contribution >= 4 is 17.7 Å². The van der Waals surface area contributed by atoms with Crippen molar-refractivity contribution in [1.82, 2.24) is 10.6 Å². The number of azo groups is 2. The topological polar surface area (TPSA) is 137 Å². The molecule has 1 rings (SSSR count). The number of hydrogen-bond donors (Lipinski definition) is 3. The largest absolute Gasteiger partial charge is 0.351 e. The first-order valence-electron chi connectivity index (χ1n) is 17.6. The van der Waals surface area contributed by atoms with Crippen LogP contribution in [-0.2, 0) is 6.42 Å². The van der Waals surface area contributed by atoms with Crippen LogP contribution in [0.2, 0.25) is 0 Å². The lowest BCUT2D eigenvalue weighted by molar-refractivity contribution is 0.228. The molecule has 0 heterocycles. The zero-order valence-electron chi connectivity index (χ0n) is 30.6. The van der Waals surface area contributed by atoms with Gasteiger partial charge < -0.3 is 16.4 Å². The molecule has 10 heteroatoms. The van der Waals surface area contributed by atoms with E-state index < -0.39 is 11.7 Å². The number of urea groups is 2. The zero-order valence-corrected chi connectivity index (χ0v) is 30.6. The van der Waals surface area contributed by atoms with Crippen molar-refractivity contribution in [2.45, 2.75) is 169 Å². The van der Waals surface area contributed by atoms with Gasteiger partial charge in [0.05, 0.1) is 23.7 Å². The lowest BCUT2D eigenvalue weighted by Crippen LogP contribution is -2.47. The van der Waals surface area contributed by atoms with Crippen LogP contribution in [0.5, 0.6) is 0 Å². The van der Waals surface area contributed by atoms with E-state index in [4.69, 9.17) is 5.73 Å². The summed E-state index contributed by atoms with van der Waals surface area (Å²) >= 11 is 0. The Balaban J connectivity index is 2.09. The van der Waals surface area contributed by atoms with E-state index >= 15 is 0 Å². The van der Waals surface area contributed by atoms with Crippen LogP contribution in [0.1, 0.15) is 145 Å². The fourth-order valence-corrected chi connectivity index (χ4v) is 4.92. The molecule has 0 bridgehead atoms. The Morgan fingerprint density at radius 2 is 1.20 bits per heavy atom. The molecule has 0 fully saturated rings. The van der Waals surface area contributed by atoms with Crippen LogP contribution in [0.3, 0.4) is 0 Å². The van der Waals surface area contributed by atoms with E-state index in [0.717, 1.165) is 24.9 Å².